The van der Waals surface area contributed by atoms with Crippen LogP contribution in [0.15, 0.2) is 54.6 Å². The van der Waals surface area contributed by atoms with Gasteiger partial charge in [0.05, 0.1) is 13.2 Å². The zero-order valence-electron chi connectivity index (χ0n) is 19.5. The van der Waals surface area contributed by atoms with Crippen LogP contribution in [0.2, 0.25) is 0 Å². The van der Waals surface area contributed by atoms with Crippen LogP contribution in [-0.2, 0) is 24.0 Å². The second-order valence-corrected chi connectivity index (χ2v) is 9.65. The Morgan fingerprint density at radius 2 is 1.16 bits per heavy atom. The summed E-state index contributed by atoms with van der Waals surface area (Å²) in [6.07, 6.45) is 0. The monoisotopic (exact) mass is 418 g/mol. The standard InChI is InChI=1S/C28H34O3/c1-18-11-20(16-29)14-24(12-18)27(3,4)22-7-9-23(10-8-22)28(5,6)25-13-19(2)26(31)21(15-25)17-30/h7-15,29-31H,16-17H2,1-6H3. The Bertz CT molecular complexity index is 1080. The minimum Gasteiger partial charge on any atom is -0.507 e. The predicted octanol–water partition coefficient (Wildman–Crippen LogP) is 5.65. The maximum atomic E-state index is 10.2. The molecule has 31 heavy (non-hydrogen) atoms. The molecular weight excluding hydrogens is 384 g/mol. The number of aromatic hydroxyl groups is 1. The number of aliphatic hydroxyl groups is 2. The van der Waals surface area contributed by atoms with E-state index in [1.807, 2.05) is 25.1 Å². The number of hydrogen-bond acceptors (Lipinski definition) is 3. The fourth-order valence-electron chi connectivity index (χ4n) is 4.29. The van der Waals surface area contributed by atoms with E-state index in [-0.39, 0.29) is 29.8 Å². The van der Waals surface area contributed by atoms with E-state index in [0.717, 1.165) is 22.3 Å². The molecule has 3 N–H and O–H groups in total. The molecule has 3 nitrogen and oxygen atoms in total. The van der Waals surface area contributed by atoms with Crippen LogP contribution in [-0.4, -0.2) is 15.3 Å². The molecule has 0 fully saturated rings. The molecule has 0 aromatic heterocycles. The molecule has 164 valence electrons. The Balaban J connectivity index is 1.99. The van der Waals surface area contributed by atoms with Gasteiger partial charge in [-0.05, 0) is 53.3 Å². The highest BCUT2D eigenvalue weighted by molar-refractivity contribution is 5.49. The summed E-state index contributed by atoms with van der Waals surface area (Å²) >= 11 is 0. The number of benzene rings is 3. The van der Waals surface area contributed by atoms with Gasteiger partial charge in [-0.2, -0.15) is 0 Å². The average molecular weight is 419 g/mol. The molecule has 0 aliphatic rings. The van der Waals surface area contributed by atoms with Crippen molar-refractivity contribution in [1.82, 2.24) is 0 Å². The molecule has 0 amide bonds. The number of aryl methyl sites for hydroxylation is 2. The van der Waals surface area contributed by atoms with Gasteiger partial charge in [0.2, 0.25) is 0 Å². The van der Waals surface area contributed by atoms with Crippen LogP contribution >= 0.6 is 0 Å². The molecule has 0 aliphatic heterocycles. The molecule has 0 radical (unpaired) electrons. The van der Waals surface area contributed by atoms with Crippen LogP contribution in [0, 0.1) is 13.8 Å². The van der Waals surface area contributed by atoms with Gasteiger partial charge >= 0.3 is 0 Å². The second-order valence-electron chi connectivity index (χ2n) is 9.65. The average Bonchev–Trinajstić information content (AvgIpc) is 2.75. The van der Waals surface area contributed by atoms with Gasteiger partial charge < -0.3 is 15.3 Å². The second kappa shape index (κ2) is 8.49. The maximum Gasteiger partial charge on any atom is 0.124 e. The first kappa shape index (κ1) is 23.1. The molecule has 0 bridgehead atoms. The third kappa shape index (κ3) is 4.39. The van der Waals surface area contributed by atoms with Gasteiger partial charge in [0.25, 0.3) is 0 Å². The zero-order valence-corrected chi connectivity index (χ0v) is 19.5. The van der Waals surface area contributed by atoms with Gasteiger partial charge in [-0.3, -0.25) is 0 Å². The Kier molecular flexibility index (Phi) is 6.31. The lowest BCUT2D eigenvalue weighted by molar-refractivity contribution is 0.275. The topological polar surface area (TPSA) is 60.7 Å². The van der Waals surface area contributed by atoms with E-state index in [9.17, 15) is 15.3 Å². The molecule has 3 rings (SSSR count). The van der Waals surface area contributed by atoms with Crippen LogP contribution in [0.25, 0.3) is 0 Å². The first-order valence-electron chi connectivity index (χ1n) is 10.8. The van der Waals surface area contributed by atoms with Crippen molar-refractivity contribution in [2.45, 2.75) is 65.6 Å². The summed E-state index contributed by atoms with van der Waals surface area (Å²) in [6.45, 7) is 12.5. The molecular formula is C28H34O3. The van der Waals surface area contributed by atoms with Crippen molar-refractivity contribution in [3.8, 4) is 5.75 Å². The normalized spacial score (nSPS) is 12.3. The molecule has 0 atom stereocenters. The van der Waals surface area contributed by atoms with Crippen LogP contribution in [0.5, 0.6) is 5.75 Å². The molecule has 3 aromatic carbocycles. The first-order valence-corrected chi connectivity index (χ1v) is 10.8. The van der Waals surface area contributed by atoms with E-state index in [1.54, 1.807) is 0 Å². The molecule has 3 heteroatoms. The maximum absolute atomic E-state index is 10.2. The third-order valence-electron chi connectivity index (χ3n) is 6.64. The Labute approximate surface area is 186 Å². The van der Waals surface area contributed by atoms with E-state index in [2.05, 4.69) is 71.0 Å². The quantitative estimate of drug-likeness (QED) is 0.485. The van der Waals surface area contributed by atoms with E-state index < -0.39 is 0 Å². The summed E-state index contributed by atoms with van der Waals surface area (Å²) in [6, 6.07) is 18.9. The fourth-order valence-corrected chi connectivity index (χ4v) is 4.29. The predicted molar refractivity (Wildman–Crippen MR) is 127 cm³/mol. The highest BCUT2D eigenvalue weighted by Crippen LogP contribution is 2.38. The molecule has 0 aliphatic carbocycles. The minimum atomic E-state index is -0.279. The van der Waals surface area contributed by atoms with E-state index in [1.165, 1.54) is 16.7 Å². The van der Waals surface area contributed by atoms with Crippen molar-refractivity contribution in [1.29, 1.82) is 0 Å². The van der Waals surface area contributed by atoms with Crippen LogP contribution in [0.4, 0.5) is 0 Å². The Morgan fingerprint density at radius 3 is 1.65 bits per heavy atom. The highest BCUT2D eigenvalue weighted by Gasteiger charge is 2.27. The number of hydrogen-bond donors (Lipinski definition) is 3. The van der Waals surface area contributed by atoms with Gasteiger partial charge in [0.1, 0.15) is 5.75 Å². The molecule has 0 saturated carbocycles. The summed E-state index contributed by atoms with van der Waals surface area (Å²) < 4.78 is 0. The van der Waals surface area contributed by atoms with E-state index in [0.29, 0.717) is 5.56 Å². The van der Waals surface area contributed by atoms with Crippen LogP contribution in [0.1, 0.15) is 72.2 Å². The summed E-state index contributed by atoms with van der Waals surface area (Å²) in [5, 5.41) is 29.4. The lowest BCUT2D eigenvalue weighted by atomic mass is 9.74. The molecule has 0 spiro atoms. The first-order chi connectivity index (χ1) is 14.5. The largest absolute Gasteiger partial charge is 0.507 e. The van der Waals surface area contributed by atoms with Crippen molar-refractivity contribution < 1.29 is 15.3 Å². The van der Waals surface area contributed by atoms with E-state index in [4.69, 9.17) is 0 Å². The van der Waals surface area contributed by atoms with Gasteiger partial charge in [0, 0.05) is 16.4 Å². The summed E-state index contributed by atoms with van der Waals surface area (Å²) in [5.41, 5.74) is 7.55. The van der Waals surface area contributed by atoms with Crippen LogP contribution < -0.4 is 0 Å². The lowest BCUT2D eigenvalue weighted by Gasteiger charge is -2.30. The number of aliphatic hydroxyl groups excluding tert-OH is 2. The summed E-state index contributed by atoms with van der Waals surface area (Å²) in [4.78, 5) is 0. The summed E-state index contributed by atoms with van der Waals surface area (Å²) in [5.74, 6) is 0.166. The van der Waals surface area contributed by atoms with Crippen molar-refractivity contribution in [3.05, 3.63) is 99.1 Å². The fraction of sp³-hybridized carbons (Fsp3) is 0.357. The van der Waals surface area contributed by atoms with Gasteiger partial charge in [0.15, 0.2) is 0 Å². The zero-order chi connectivity index (χ0) is 23.0. The molecule has 3 aromatic rings. The third-order valence-corrected chi connectivity index (χ3v) is 6.64. The highest BCUT2D eigenvalue weighted by atomic mass is 16.3. The van der Waals surface area contributed by atoms with Crippen molar-refractivity contribution in [2.24, 2.45) is 0 Å². The minimum absolute atomic E-state index is 0.0414. The van der Waals surface area contributed by atoms with Gasteiger partial charge in [-0.15, -0.1) is 0 Å². The number of phenols is 1. The van der Waals surface area contributed by atoms with Crippen molar-refractivity contribution in [2.75, 3.05) is 0 Å². The van der Waals surface area contributed by atoms with Crippen molar-refractivity contribution >= 4 is 0 Å². The summed E-state index contributed by atoms with van der Waals surface area (Å²) in [7, 11) is 0. The SMILES string of the molecule is Cc1cc(CO)cc(C(C)(C)c2ccc(C(C)(C)c3cc(C)c(O)c(CO)c3)cc2)c1. The lowest BCUT2D eigenvalue weighted by Crippen LogP contribution is -2.22. The van der Waals surface area contributed by atoms with E-state index >= 15 is 0 Å². The Morgan fingerprint density at radius 1 is 0.645 bits per heavy atom. The number of rotatable bonds is 6. The van der Waals surface area contributed by atoms with Gasteiger partial charge in [-0.1, -0.05) is 81.8 Å². The Hall–Kier alpha value is -2.62. The van der Waals surface area contributed by atoms with Gasteiger partial charge in [-0.25, -0.2) is 0 Å². The molecule has 0 saturated heterocycles. The van der Waals surface area contributed by atoms with Crippen molar-refractivity contribution in [3.63, 3.8) is 0 Å². The smallest absolute Gasteiger partial charge is 0.124 e. The molecule has 0 heterocycles. The van der Waals surface area contributed by atoms with Crippen LogP contribution in [0.3, 0.4) is 0 Å². The molecule has 0 unspecified atom stereocenters.